The summed E-state index contributed by atoms with van der Waals surface area (Å²) in [4.78, 5) is 8.78. The van der Waals surface area contributed by atoms with Crippen molar-refractivity contribution in [2.75, 3.05) is 5.32 Å². The van der Waals surface area contributed by atoms with E-state index < -0.39 is 0 Å². The lowest BCUT2D eigenvalue weighted by atomic mass is 10.2. The highest BCUT2D eigenvalue weighted by Gasteiger charge is 2.26. The van der Waals surface area contributed by atoms with Gasteiger partial charge >= 0.3 is 0 Å². The monoisotopic (exact) mass is 248 g/mol. The molecule has 3 rings (SSSR count). The molecule has 0 spiro atoms. The molecule has 1 aliphatic carbocycles. The summed E-state index contributed by atoms with van der Waals surface area (Å²) >= 11 is 1.70. The van der Waals surface area contributed by atoms with E-state index in [1.54, 1.807) is 11.3 Å². The third-order valence-corrected chi connectivity index (χ3v) is 3.96. The van der Waals surface area contributed by atoms with Crippen molar-refractivity contribution < 1.29 is 0 Å². The Balaban J connectivity index is 1.78. The Morgan fingerprint density at radius 2 is 2.35 bits per heavy atom. The second-order valence-electron chi connectivity index (χ2n) is 4.36. The second-order valence-corrected chi connectivity index (χ2v) is 5.29. The van der Waals surface area contributed by atoms with Crippen LogP contribution in [0.4, 0.5) is 5.95 Å². The number of hydrogen-bond acceptors (Lipinski definition) is 4. The highest BCUT2D eigenvalue weighted by Crippen LogP contribution is 2.37. The molecule has 0 bridgehead atoms. The maximum atomic E-state index is 4.40. The number of nitrogens with zero attached hydrogens (tertiary/aromatic N) is 3. The van der Waals surface area contributed by atoms with Crippen LogP contribution >= 0.6 is 11.3 Å². The molecule has 2 heterocycles. The van der Waals surface area contributed by atoms with Crippen molar-refractivity contribution >= 4 is 17.3 Å². The molecule has 1 N–H and O–H groups in total. The van der Waals surface area contributed by atoms with E-state index in [-0.39, 0.29) is 6.04 Å². The minimum atomic E-state index is 0.273. The standard InChI is InChI=1S/C12H16N4S/c1-2-10(11-13-6-8-17-11)15-12-14-5-7-16(12)9-3-4-9/h5-10H,2-4H2,1H3,(H,14,15). The predicted octanol–water partition coefficient (Wildman–Crippen LogP) is 3.24. The van der Waals surface area contributed by atoms with E-state index in [0.29, 0.717) is 6.04 Å². The van der Waals surface area contributed by atoms with Crippen LogP contribution in [0, 0.1) is 0 Å². The average Bonchev–Trinajstić information content (AvgIpc) is 2.88. The third kappa shape index (κ3) is 2.20. The lowest BCUT2D eigenvalue weighted by molar-refractivity contribution is 0.691. The number of aromatic nitrogens is 3. The first-order valence-electron chi connectivity index (χ1n) is 6.07. The van der Waals surface area contributed by atoms with Crippen molar-refractivity contribution in [3.8, 4) is 0 Å². The molecule has 0 saturated heterocycles. The maximum Gasteiger partial charge on any atom is 0.203 e. The van der Waals surface area contributed by atoms with Crippen LogP contribution in [0.5, 0.6) is 0 Å². The molecule has 17 heavy (non-hydrogen) atoms. The Labute approximate surface area is 105 Å². The molecule has 1 fully saturated rings. The SMILES string of the molecule is CCC(Nc1nccn1C1CC1)c1nccs1. The van der Waals surface area contributed by atoms with E-state index in [0.717, 1.165) is 17.4 Å². The summed E-state index contributed by atoms with van der Waals surface area (Å²) in [5.41, 5.74) is 0. The van der Waals surface area contributed by atoms with Crippen LogP contribution in [0.3, 0.4) is 0 Å². The van der Waals surface area contributed by atoms with Crippen molar-refractivity contribution in [1.82, 2.24) is 14.5 Å². The van der Waals surface area contributed by atoms with E-state index in [1.165, 1.54) is 12.8 Å². The van der Waals surface area contributed by atoms with Gasteiger partial charge in [-0.1, -0.05) is 6.92 Å². The van der Waals surface area contributed by atoms with Gasteiger partial charge < -0.3 is 9.88 Å². The number of nitrogens with one attached hydrogen (secondary N) is 1. The van der Waals surface area contributed by atoms with Gasteiger partial charge in [0.1, 0.15) is 5.01 Å². The van der Waals surface area contributed by atoms with Gasteiger partial charge in [-0.05, 0) is 19.3 Å². The van der Waals surface area contributed by atoms with Crippen LogP contribution in [-0.4, -0.2) is 14.5 Å². The van der Waals surface area contributed by atoms with Crippen molar-refractivity contribution in [3.05, 3.63) is 29.0 Å². The molecule has 0 radical (unpaired) electrons. The molecule has 90 valence electrons. The Morgan fingerprint density at radius 1 is 1.47 bits per heavy atom. The lowest BCUT2D eigenvalue weighted by Crippen LogP contribution is -2.13. The predicted molar refractivity (Wildman–Crippen MR) is 69.3 cm³/mol. The molecule has 2 aromatic rings. The highest BCUT2D eigenvalue weighted by molar-refractivity contribution is 7.09. The molecule has 2 aromatic heterocycles. The van der Waals surface area contributed by atoms with Gasteiger partial charge in [-0.25, -0.2) is 9.97 Å². The van der Waals surface area contributed by atoms with Gasteiger partial charge in [0.2, 0.25) is 5.95 Å². The number of thiazole rings is 1. The van der Waals surface area contributed by atoms with Crippen molar-refractivity contribution in [3.63, 3.8) is 0 Å². The zero-order valence-electron chi connectivity index (χ0n) is 9.84. The molecule has 0 aromatic carbocycles. The molecule has 0 aliphatic heterocycles. The van der Waals surface area contributed by atoms with Gasteiger partial charge in [0, 0.05) is 30.0 Å². The Bertz CT molecular complexity index is 472. The number of imidazole rings is 1. The van der Waals surface area contributed by atoms with E-state index in [2.05, 4.69) is 33.0 Å². The Hall–Kier alpha value is -1.36. The average molecular weight is 248 g/mol. The summed E-state index contributed by atoms with van der Waals surface area (Å²) < 4.78 is 2.25. The van der Waals surface area contributed by atoms with E-state index in [1.807, 2.05) is 17.8 Å². The van der Waals surface area contributed by atoms with Crippen LogP contribution in [0.15, 0.2) is 24.0 Å². The van der Waals surface area contributed by atoms with E-state index in [9.17, 15) is 0 Å². The largest absolute Gasteiger partial charge is 0.346 e. The van der Waals surface area contributed by atoms with Crippen LogP contribution in [0.2, 0.25) is 0 Å². The number of anilines is 1. The van der Waals surface area contributed by atoms with Gasteiger partial charge in [-0.15, -0.1) is 11.3 Å². The Kier molecular flexibility index (Phi) is 2.84. The topological polar surface area (TPSA) is 42.7 Å². The first-order valence-corrected chi connectivity index (χ1v) is 6.95. The Morgan fingerprint density at radius 3 is 3.00 bits per heavy atom. The highest BCUT2D eigenvalue weighted by atomic mass is 32.1. The fourth-order valence-electron chi connectivity index (χ4n) is 1.97. The fraction of sp³-hybridized carbons (Fsp3) is 0.500. The summed E-state index contributed by atoms with van der Waals surface area (Å²) in [6.45, 7) is 2.17. The van der Waals surface area contributed by atoms with Crippen molar-refractivity contribution in [2.24, 2.45) is 0 Å². The minimum absolute atomic E-state index is 0.273. The van der Waals surface area contributed by atoms with Crippen LogP contribution in [0.25, 0.3) is 0 Å². The summed E-state index contributed by atoms with van der Waals surface area (Å²) in [5.74, 6) is 0.981. The summed E-state index contributed by atoms with van der Waals surface area (Å²) in [6.07, 6.45) is 9.37. The maximum absolute atomic E-state index is 4.40. The molecule has 0 amide bonds. The summed E-state index contributed by atoms with van der Waals surface area (Å²) in [7, 11) is 0. The lowest BCUT2D eigenvalue weighted by Gasteiger charge is -2.16. The minimum Gasteiger partial charge on any atom is -0.346 e. The van der Waals surface area contributed by atoms with Gasteiger partial charge in [-0.2, -0.15) is 0 Å². The van der Waals surface area contributed by atoms with Crippen molar-refractivity contribution in [2.45, 2.75) is 38.3 Å². The molecule has 1 saturated carbocycles. The molecule has 1 aliphatic rings. The van der Waals surface area contributed by atoms with Crippen LogP contribution < -0.4 is 5.32 Å². The number of rotatable bonds is 5. The van der Waals surface area contributed by atoms with E-state index in [4.69, 9.17) is 0 Å². The summed E-state index contributed by atoms with van der Waals surface area (Å²) in [5, 5.41) is 6.66. The fourth-order valence-corrected chi connectivity index (χ4v) is 2.75. The first kappa shape index (κ1) is 10.8. The van der Waals surface area contributed by atoms with E-state index >= 15 is 0 Å². The van der Waals surface area contributed by atoms with Crippen molar-refractivity contribution in [1.29, 1.82) is 0 Å². The van der Waals surface area contributed by atoms with Crippen LogP contribution in [-0.2, 0) is 0 Å². The summed E-state index contributed by atoms with van der Waals surface area (Å²) in [6, 6.07) is 0.934. The molecular weight excluding hydrogens is 232 g/mol. The smallest absolute Gasteiger partial charge is 0.203 e. The van der Waals surface area contributed by atoms with Crippen LogP contribution in [0.1, 0.15) is 43.3 Å². The van der Waals surface area contributed by atoms with Gasteiger partial charge in [0.15, 0.2) is 0 Å². The van der Waals surface area contributed by atoms with Gasteiger partial charge in [0.05, 0.1) is 6.04 Å². The molecule has 4 nitrogen and oxygen atoms in total. The molecule has 1 atom stereocenters. The van der Waals surface area contributed by atoms with Gasteiger partial charge in [0.25, 0.3) is 0 Å². The van der Waals surface area contributed by atoms with Gasteiger partial charge in [-0.3, -0.25) is 0 Å². The first-order chi connectivity index (χ1) is 8.38. The normalized spacial score (nSPS) is 17.0. The number of hydrogen-bond donors (Lipinski definition) is 1. The molecule has 5 heteroatoms. The molecular formula is C12H16N4S. The molecule has 1 unspecified atom stereocenters. The zero-order chi connectivity index (χ0) is 11.7. The quantitative estimate of drug-likeness (QED) is 0.883. The third-order valence-electron chi connectivity index (χ3n) is 3.07. The zero-order valence-corrected chi connectivity index (χ0v) is 10.7. The second kappa shape index (κ2) is 4.49.